The first kappa shape index (κ1) is 20.8. The van der Waals surface area contributed by atoms with Gasteiger partial charge in [-0.3, -0.25) is 9.59 Å². The molecule has 154 valence electrons. The first-order valence-electron chi connectivity index (χ1n) is 9.34. The van der Waals surface area contributed by atoms with E-state index in [0.717, 1.165) is 23.5 Å². The lowest BCUT2D eigenvalue weighted by molar-refractivity contribution is -0.143. The normalized spacial score (nSPS) is 16.3. The minimum Gasteiger partial charge on any atom is -0.486 e. The van der Waals surface area contributed by atoms with Crippen molar-refractivity contribution in [3.8, 4) is 5.75 Å². The number of likely N-dealkylation sites (tertiary alicyclic amines) is 1. The van der Waals surface area contributed by atoms with E-state index >= 15 is 0 Å². The summed E-state index contributed by atoms with van der Waals surface area (Å²) in [6.07, 6.45) is 2.15. The third-order valence-electron chi connectivity index (χ3n) is 4.63. The summed E-state index contributed by atoms with van der Waals surface area (Å²) in [5.74, 6) is -1.29. The number of piperidine rings is 1. The van der Waals surface area contributed by atoms with Crippen molar-refractivity contribution in [3.63, 3.8) is 0 Å². The summed E-state index contributed by atoms with van der Waals surface area (Å²) < 4.78 is 10.9. The van der Waals surface area contributed by atoms with E-state index in [9.17, 15) is 14.4 Å². The number of aryl methyl sites for hydroxylation is 1. The largest absolute Gasteiger partial charge is 0.486 e. The molecule has 1 aromatic heterocycles. The highest BCUT2D eigenvalue weighted by molar-refractivity contribution is 7.09. The van der Waals surface area contributed by atoms with E-state index in [1.807, 2.05) is 12.3 Å². The van der Waals surface area contributed by atoms with Gasteiger partial charge in [0.25, 0.3) is 5.91 Å². The van der Waals surface area contributed by atoms with Gasteiger partial charge < -0.3 is 20.1 Å². The topological polar surface area (TPSA) is 112 Å². The number of thiazole rings is 1. The minimum absolute atomic E-state index is 0.220. The summed E-state index contributed by atoms with van der Waals surface area (Å²) in [4.78, 5) is 42.2. The minimum atomic E-state index is -0.670. The molecule has 1 aliphatic heterocycles. The van der Waals surface area contributed by atoms with E-state index in [-0.39, 0.29) is 12.2 Å². The van der Waals surface area contributed by atoms with Crippen LogP contribution in [0.2, 0.25) is 0 Å². The number of nitrogens with two attached hydrogens (primary N) is 1. The van der Waals surface area contributed by atoms with Gasteiger partial charge in [-0.15, -0.1) is 11.3 Å². The summed E-state index contributed by atoms with van der Waals surface area (Å²) in [5, 5.41) is 2.82. The predicted octanol–water partition coefficient (Wildman–Crippen LogP) is 2.05. The molecule has 29 heavy (non-hydrogen) atoms. The number of hydrogen-bond donors (Lipinski definition) is 1. The average Bonchev–Trinajstić information content (AvgIpc) is 3.15. The van der Waals surface area contributed by atoms with Crippen LogP contribution < -0.4 is 10.5 Å². The Kier molecular flexibility index (Phi) is 6.82. The van der Waals surface area contributed by atoms with Crippen molar-refractivity contribution >= 4 is 29.1 Å². The van der Waals surface area contributed by atoms with E-state index in [4.69, 9.17) is 15.2 Å². The van der Waals surface area contributed by atoms with Crippen molar-refractivity contribution in [2.45, 2.75) is 38.8 Å². The molecular formula is C20H23N3O5S. The van der Waals surface area contributed by atoms with Gasteiger partial charge >= 0.3 is 5.97 Å². The number of nitrogens with zero attached hydrogens (tertiary/aromatic N) is 2. The number of primary amides is 1. The number of para-hydroxylation sites is 1. The van der Waals surface area contributed by atoms with Crippen LogP contribution in [0.4, 0.5) is 0 Å². The Hall–Kier alpha value is -2.94. The van der Waals surface area contributed by atoms with E-state index in [0.29, 0.717) is 18.7 Å². The van der Waals surface area contributed by atoms with Crippen molar-refractivity contribution in [2.24, 2.45) is 5.73 Å². The van der Waals surface area contributed by atoms with E-state index < -0.39 is 30.4 Å². The molecule has 0 saturated carbocycles. The zero-order chi connectivity index (χ0) is 20.8. The van der Waals surface area contributed by atoms with E-state index in [1.54, 1.807) is 24.3 Å². The molecule has 1 aliphatic rings. The molecule has 0 radical (unpaired) electrons. The number of aromatic nitrogens is 1. The molecule has 0 aliphatic carbocycles. The summed E-state index contributed by atoms with van der Waals surface area (Å²) in [5.41, 5.74) is 6.38. The molecule has 1 fully saturated rings. The number of carbonyl (C=O) groups excluding carboxylic acids is 3. The average molecular weight is 417 g/mol. The van der Waals surface area contributed by atoms with Crippen LogP contribution in [0.1, 0.15) is 40.3 Å². The number of carbonyl (C=O) groups is 3. The lowest BCUT2D eigenvalue weighted by Crippen LogP contribution is -2.51. The zero-order valence-corrected chi connectivity index (χ0v) is 16.9. The Bertz CT molecular complexity index is 898. The first-order chi connectivity index (χ1) is 14.0. The van der Waals surface area contributed by atoms with Crippen molar-refractivity contribution in [1.82, 2.24) is 9.88 Å². The van der Waals surface area contributed by atoms with Crippen LogP contribution in [-0.2, 0) is 20.9 Å². The van der Waals surface area contributed by atoms with Crippen LogP contribution in [0.15, 0.2) is 29.6 Å². The second kappa shape index (κ2) is 9.51. The standard InChI is InChI=1S/C20H23N3O5S/c1-13-22-14(12-29-13)10-27-17-8-3-2-6-15(17)20(26)28-11-18(24)23-9-5-4-7-16(23)19(21)25/h2-3,6,8,12,16H,4-5,7,9-11H2,1H3,(H2,21,25)/t16-/m0/s1. The van der Waals surface area contributed by atoms with Crippen molar-refractivity contribution in [3.05, 3.63) is 45.9 Å². The van der Waals surface area contributed by atoms with Gasteiger partial charge in [0, 0.05) is 11.9 Å². The summed E-state index contributed by atoms with van der Waals surface area (Å²) >= 11 is 1.52. The van der Waals surface area contributed by atoms with Gasteiger partial charge in [0.1, 0.15) is 24.0 Å². The molecule has 2 aromatic rings. The second-order valence-electron chi connectivity index (χ2n) is 6.72. The first-order valence-corrected chi connectivity index (χ1v) is 10.2. The molecule has 1 saturated heterocycles. The zero-order valence-electron chi connectivity index (χ0n) is 16.1. The fraction of sp³-hybridized carbons (Fsp3) is 0.400. The highest BCUT2D eigenvalue weighted by Crippen LogP contribution is 2.21. The third-order valence-corrected chi connectivity index (χ3v) is 5.45. The lowest BCUT2D eigenvalue weighted by atomic mass is 10.0. The monoisotopic (exact) mass is 417 g/mol. The Morgan fingerprint density at radius 2 is 2.07 bits per heavy atom. The Balaban J connectivity index is 1.60. The maximum atomic E-state index is 12.5. The van der Waals surface area contributed by atoms with Crippen LogP contribution in [0, 0.1) is 6.92 Å². The Morgan fingerprint density at radius 3 is 2.79 bits per heavy atom. The van der Waals surface area contributed by atoms with Gasteiger partial charge in [-0.25, -0.2) is 9.78 Å². The van der Waals surface area contributed by atoms with Gasteiger partial charge in [-0.1, -0.05) is 12.1 Å². The van der Waals surface area contributed by atoms with E-state index in [1.165, 1.54) is 16.2 Å². The molecule has 2 amide bonds. The molecule has 2 heterocycles. The lowest BCUT2D eigenvalue weighted by Gasteiger charge is -2.33. The van der Waals surface area contributed by atoms with Crippen molar-refractivity contribution < 1.29 is 23.9 Å². The number of hydrogen-bond acceptors (Lipinski definition) is 7. The number of ether oxygens (including phenoxy) is 2. The maximum Gasteiger partial charge on any atom is 0.342 e. The quantitative estimate of drug-likeness (QED) is 0.690. The molecule has 3 rings (SSSR count). The summed E-state index contributed by atoms with van der Waals surface area (Å²) in [6, 6.07) is 6.01. The molecular weight excluding hydrogens is 394 g/mol. The fourth-order valence-corrected chi connectivity index (χ4v) is 3.80. The molecule has 2 N–H and O–H groups in total. The van der Waals surface area contributed by atoms with Crippen LogP contribution in [0.25, 0.3) is 0 Å². The number of amides is 2. The Labute approximate surface area is 172 Å². The highest BCUT2D eigenvalue weighted by Gasteiger charge is 2.31. The van der Waals surface area contributed by atoms with Crippen molar-refractivity contribution in [2.75, 3.05) is 13.2 Å². The Morgan fingerprint density at radius 1 is 1.28 bits per heavy atom. The fourth-order valence-electron chi connectivity index (χ4n) is 3.20. The van der Waals surface area contributed by atoms with Crippen molar-refractivity contribution in [1.29, 1.82) is 0 Å². The third kappa shape index (κ3) is 5.32. The predicted molar refractivity (Wildman–Crippen MR) is 106 cm³/mol. The number of rotatable bonds is 7. The van der Waals surface area contributed by atoms with Gasteiger partial charge in [0.15, 0.2) is 6.61 Å². The molecule has 1 atom stereocenters. The maximum absolute atomic E-state index is 12.5. The number of esters is 1. The smallest absolute Gasteiger partial charge is 0.342 e. The molecule has 0 bridgehead atoms. The van der Waals surface area contributed by atoms with Gasteiger partial charge in [0.05, 0.1) is 10.7 Å². The summed E-state index contributed by atoms with van der Waals surface area (Å²) in [7, 11) is 0. The van der Waals surface area contributed by atoms with Crippen LogP contribution in [-0.4, -0.2) is 46.9 Å². The van der Waals surface area contributed by atoms with Gasteiger partial charge in [0.2, 0.25) is 5.91 Å². The molecule has 0 unspecified atom stereocenters. The molecule has 1 aromatic carbocycles. The molecule has 8 nitrogen and oxygen atoms in total. The number of benzene rings is 1. The van der Waals surface area contributed by atoms with Crippen LogP contribution >= 0.6 is 11.3 Å². The molecule has 0 spiro atoms. The molecule has 9 heteroatoms. The summed E-state index contributed by atoms with van der Waals surface area (Å²) in [6.45, 7) is 2.10. The van der Waals surface area contributed by atoms with E-state index in [2.05, 4.69) is 4.98 Å². The second-order valence-corrected chi connectivity index (χ2v) is 7.78. The van der Waals surface area contributed by atoms with Crippen LogP contribution in [0.5, 0.6) is 5.75 Å². The SMILES string of the molecule is Cc1nc(COc2ccccc2C(=O)OCC(=O)N2CCCC[C@H]2C(N)=O)cs1. The van der Waals surface area contributed by atoms with Gasteiger partial charge in [-0.05, 0) is 38.3 Å². The highest BCUT2D eigenvalue weighted by atomic mass is 32.1. The van der Waals surface area contributed by atoms with Gasteiger partial charge in [-0.2, -0.15) is 0 Å². The van der Waals surface area contributed by atoms with Crippen LogP contribution in [0.3, 0.4) is 0 Å².